The van der Waals surface area contributed by atoms with Crippen molar-refractivity contribution >= 4 is 17.5 Å². The first kappa shape index (κ1) is 20.5. The van der Waals surface area contributed by atoms with Gasteiger partial charge in [0.1, 0.15) is 0 Å². The fourth-order valence-corrected chi connectivity index (χ4v) is 3.44. The Morgan fingerprint density at radius 2 is 1.46 bits per heavy atom. The quantitative estimate of drug-likeness (QED) is 0.741. The van der Waals surface area contributed by atoms with E-state index in [4.69, 9.17) is 0 Å². The Balaban J connectivity index is 1.76. The fourth-order valence-electron chi connectivity index (χ4n) is 3.44. The van der Waals surface area contributed by atoms with E-state index >= 15 is 0 Å². The van der Waals surface area contributed by atoms with Gasteiger partial charge in [-0.1, -0.05) is 39.8 Å². The maximum absolute atomic E-state index is 12.5. The van der Waals surface area contributed by atoms with Gasteiger partial charge in [0, 0.05) is 24.1 Å². The number of carbonyl (C=O) groups is 2. The molecule has 0 aliphatic heterocycles. The molecule has 1 aromatic carbocycles. The van der Waals surface area contributed by atoms with Gasteiger partial charge in [-0.15, -0.1) is 0 Å². The summed E-state index contributed by atoms with van der Waals surface area (Å²) in [7, 11) is 0. The summed E-state index contributed by atoms with van der Waals surface area (Å²) in [6, 6.07) is 8.08. The molecule has 2 N–H and O–H groups in total. The van der Waals surface area contributed by atoms with Crippen molar-refractivity contribution in [1.29, 1.82) is 0 Å². The number of hydrogen-bond acceptors (Lipinski definition) is 2. The Bertz CT molecular complexity index is 585. The van der Waals surface area contributed by atoms with Crippen molar-refractivity contribution in [2.45, 2.75) is 65.7 Å². The molecule has 0 unspecified atom stereocenters. The number of carbonyl (C=O) groups excluding carboxylic acids is 2. The van der Waals surface area contributed by atoms with Gasteiger partial charge in [0.2, 0.25) is 11.8 Å². The number of benzene rings is 1. The molecule has 0 aromatic heterocycles. The van der Waals surface area contributed by atoms with Gasteiger partial charge in [-0.05, 0) is 61.6 Å². The van der Waals surface area contributed by atoms with Crippen molar-refractivity contribution in [3.63, 3.8) is 0 Å². The summed E-state index contributed by atoms with van der Waals surface area (Å²) in [6.07, 6.45) is 4.20. The van der Waals surface area contributed by atoms with Crippen LogP contribution in [0.15, 0.2) is 24.3 Å². The van der Waals surface area contributed by atoms with Crippen molar-refractivity contribution in [3.8, 4) is 0 Å². The molecule has 144 valence electrons. The number of hydrogen-bond donors (Lipinski definition) is 2. The Morgan fingerprint density at radius 1 is 0.923 bits per heavy atom. The van der Waals surface area contributed by atoms with Crippen LogP contribution in [-0.2, 0) is 9.59 Å². The van der Waals surface area contributed by atoms with Crippen LogP contribution < -0.4 is 10.6 Å². The van der Waals surface area contributed by atoms with E-state index in [2.05, 4.69) is 50.5 Å². The molecule has 0 radical (unpaired) electrons. The van der Waals surface area contributed by atoms with Gasteiger partial charge in [-0.3, -0.25) is 9.59 Å². The molecule has 2 rings (SSSR count). The van der Waals surface area contributed by atoms with Crippen molar-refractivity contribution in [2.75, 3.05) is 11.9 Å². The third-order valence-electron chi connectivity index (χ3n) is 5.33. The highest BCUT2D eigenvalue weighted by molar-refractivity contribution is 5.92. The molecular weight excluding hydrogens is 324 g/mol. The zero-order valence-electron chi connectivity index (χ0n) is 16.7. The molecule has 1 aliphatic rings. The minimum Gasteiger partial charge on any atom is -0.356 e. The SMILES string of the molecule is CC(C)CCNC(=O)C1CCC(C(=O)Nc2ccc(C(C)C)cc2)CC1. The lowest BCUT2D eigenvalue weighted by Gasteiger charge is -2.27. The van der Waals surface area contributed by atoms with E-state index in [0.717, 1.165) is 44.3 Å². The largest absolute Gasteiger partial charge is 0.356 e. The predicted molar refractivity (Wildman–Crippen MR) is 107 cm³/mol. The number of anilines is 1. The van der Waals surface area contributed by atoms with Gasteiger partial charge in [-0.2, -0.15) is 0 Å². The van der Waals surface area contributed by atoms with Crippen molar-refractivity contribution in [2.24, 2.45) is 17.8 Å². The van der Waals surface area contributed by atoms with Gasteiger partial charge in [0.15, 0.2) is 0 Å². The van der Waals surface area contributed by atoms with Gasteiger partial charge in [0.05, 0.1) is 0 Å². The van der Waals surface area contributed by atoms with Gasteiger partial charge >= 0.3 is 0 Å². The van der Waals surface area contributed by atoms with Gasteiger partial charge < -0.3 is 10.6 Å². The Morgan fingerprint density at radius 3 is 1.96 bits per heavy atom. The zero-order valence-corrected chi connectivity index (χ0v) is 16.7. The highest BCUT2D eigenvalue weighted by Gasteiger charge is 2.29. The number of amides is 2. The van der Waals surface area contributed by atoms with Crippen LogP contribution in [-0.4, -0.2) is 18.4 Å². The minimum absolute atomic E-state index is 0.0134. The van der Waals surface area contributed by atoms with Crippen LogP contribution in [0.3, 0.4) is 0 Å². The lowest BCUT2D eigenvalue weighted by atomic mass is 9.81. The third-order valence-corrected chi connectivity index (χ3v) is 5.33. The normalized spacial score (nSPS) is 20.2. The van der Waals surface area contributed by atoms with Crippen LogP contribution in [0, 0.1) is 17.8 Å². The second-order valence-electron chi connectivity index (χ2n) is 8.29. The van der Waals surface area contributed by atoms with E-state index < -0.39 is 0 Å². The molecule has 26 heavy (non-hydrogen) atoms. The van der Waals surface area contributed by atoms with Crippen LogP contribution in [0.5, 0.6) is 0 Å². The van der Waals surface area contributed by atoms with Crippen LogP contribution in [0.25, 0.3) is 0 Å². The van der Waals surface area contributed by atoms with E-state index in [9.17, 15) is 9.59 Å². The lowest BCUT2D eigenvalue weighted by Crippen LogP contribution is -2.36. The molecule has 0 heterocycles. The summed E-state index contributed by atoms with van der Waals surface area (Å²) in [5, 5.41) is 6.07. The third kappa shape index (κ3) is 6.15. The van der Waals surface area contributed by atoms with Crippen LogP contribution in [0.1, 0.15) is 71.3 Å². The maximum Gasteiger partial charge on any atom is 0.227 e. The van der Waals surface area contributed by atoms with E-state index in [0.29, 0.717) is 11.8 Å². The first-order valence-corrected chi connectivity index (χ1v) is 10.0. The fraction of sp³-hybridized carbons (Fsp3) is 0.636. The lowest BCUT2D eigenvalue weighted by molar-refractivity contribution is -0.128. The molecule has 0 atom stereocenters. The molecule has 0 bridgehead atoms. The molecule has 0 saturated heterocycles. The molecule has 1 saturated carbocycles. The number of nitrogens with one attached hydrogen (secondary N) is 2. The summed E-state index contributed by atoms with van der Waals surface area (Å²) in [5.74, 6) is 1.41. The first-order valence-electron chi connectivity index (χ1n) is 10.0. The topological polar surface area (TPSA) is 58.2 Å². The highest BCUT2D eigenvalue weighted by Crippen LogP contribution is 2.30. The van der Waals surface area contributed by atoms with Crippen LogP contribution in [0.4, 0.5) is 5.69 Å². The summed E-state index contributed by atoms with van der Waals surface area (Å²) < 4.78 is 0. The molecule has 4 nitrogen and oxygen atoms in total. The summed E-state index contributed by atoms with van der Waals surface area (Å²) in [4.78, 5) is 24.7. The Labute approximate surface area is 158 Å². The van der Waals surface area contributed by atoms with Crippen LogP contribution in [0.2, 0.25) is 0 Å². The second kappa shape index (κ2) is 9.75. The smallest absolute Gasteiger partial charge is 0.227 e. The van der Waals surface area contributed by atoms with E-state index in [-0.39, 0.29) is 23.7 Å². The molecule has 2 amide bonds. The summed E-state index contributed by atoms with van der Waals surface area (Å²) in [6.45, 7) is 9.39. The molecule has 0 spiro atoms. The number of rotatable bonds is 7. The van der Waals surface area contributed by atoms with Crippen LogP contribution >= 0.6 is 0 Å². The molecule has 1 aromatic rings. The zero-order chi connectivity index (χ0) is 19.1. The van der Waals surface area contributed by atoms with Crippen molar-refractivity contribution < 1.29 is 9.59 Å². The molecular formula is C22H34N2O2. The Kier molecular flexibility index (Phi) is 7.67. The summed E-state index contributed by atoms with van der Waals surface area (Å²) >= 11 is 0. The maximum atomic E-state index is 12.5. The standard InChI is InChI=1S/C22H34N2O2/c1-15(2)13-14-23-21(25)18-5-7-19(8-6-18)22(26)24-20-11-9-17(10-12-20)16(3)4/h9-12,15-16,18-19H,5-8,13-14H2,1-4H3,(H,23,25)(H,24,26). The van der Waals surface area contributed by atoms with Crippen molar-refractivity contribution in [3.05, 3.63) is 29.8 Å². The van der Waals surface area contributed by atoms with E-state index in [1.807, 2.05) is 12.1 Å². The van der Waals surface area contributed by atoms with Gasteiger partial charge in [-0.25, -0.2) is 0 Å². The molecule has 1 fully saturated rings. The Hall–Kier alpha value is -1.84. The summed E-state index contributed by atoms with van der Waals surface area (Å²) in [5.41, 5.74) is 2.12. The molecule has 1 aliphatic carbocycles. The van der Waals surface area contributed by atoms with Crippen molar-refractivity contribution in [1.82, 2.24) is 5.32 Å². The minimum atomic E-state index is 0.0134. The average Bonchev–Trinajstić information content (AvgIpc) is 2.62. The highest BCUT2D eigenvalue weighted by atomic mass is 16.2. The molecule has 4 heteroatoms. The monoisotopic (exact) mass is 358 g/mol. The predicted octanol–water partition coefficient (Wildman–Crippen LogP) is 4.72. The average molecular weight is 359 g/mol. The van der Waals surface area contributed by atoms with E-state index in [1.54, 1.807) is 0 Å². The van der Waals surface area contributed by atoms with E-state index in [1.165, 1.54) is 5.56 Å². The first-order chi connectivity index (χ1) is 12.4. The van der Waals surface area contributed by atoms with Gasteiger partial charge in [0.25, 0.3) is 0 Å². The second-order valence-corrected chi connectivity index (χ2v) is 8.29.